The van der Waals surface area contributed by atoms with Crippen molar-refractivity contribution in [2.75, 3.05) is 13.1 Å². The molecule has 0 aliphatic carbocycles. The third kappa shape index (κ3) is 0.872. The molecule has 0 fully saturated rings. The number of hydrogen-bond acceptors (Lipinski definition) is 4. The minimum Gasteiger partial charge on any atom is -0.307 e. The number of nitrogens with zero attached hydrogens (tertiary/aromatic N) is 2. The summed E-state index contributed by atoms with van der Waals surface area (Å²) in [5.74, 6) is 0. The number of nitrogens with one attached hydrogen (secondary N) is 2. The first kappa shape index (κ1) is 5.76. The molecule has 0 aromatic rings. The molecule has 0 spiro atoms. The minimum absolute atomic E-state index is 0.914. The van der Waals surface area contributed by atoms with Gasteiger partial charge in [0.2, 0.25) is 0 Å². The summed E-state index contributed by atoms with van der Waals surface area (Å²) in [4.78, 5) is 0. The van der Waals surface area contributed by atoms with E-state index in [1.165, 1.54) is 0 Å². The van der Waals surface area contributed by atoms with Crippen LogP contribution in [0.5, 0.6) is 0 Å². The first-order chi connectivity index (χ1) is 4.97. The molecule has 0 aromatic carbocycles. The SMILES string of the molecule is C1=CN(N2CC=CN2)NC1. The lowest BCUT2D eigenvalue weighted by Gasteiger charge is -2.26. The van der Waals surface area contributed by atoms with Crippen LogP contribution in [0.3, 0.4) is 0 Å². The number of rotatable bonds is 1. The van der Waals surface area contributed by atoms with Gasteiger partial charge in [0.05, 0.1) is 6.54 Å². The van der Waals surface area contributed by atoms with E-state index in [-0.39, 0.29) is 0 Å². The maximum atomic E-state index is 3.14. The molecule has 2 aliphatic rings. The van der Waals surface area contributed by atoms with E-state index in [0.29, 0.717) is 0 Å². The van der Waals surface area contributed by atoms with Gasteiger partial charge in [0.15, 0.2) is 0 Å². The first-order valence-electron chi connectivity index (χ1n) is 3.35. The summed E-state index contributed by atoms with van der Waals surface area (Å²) >= 11 is 0. The van der Waals surface area contributed by atoms with Crippen molar-refractivity contribution >= 4 is 0 Å². The lowest BCUT2D eigenvalue weighted by atomic mass is 10.6. The average Bonchev–Trinajstić information content (AvgIpc) is 2.59. The van der Waals surface area contributed by atoms with Crippen LogP contribution in [0.25, 0.3) is 0 Å². The molecule has 0 atom stereocenters. The smallest absolute Gasteiger partial charge is 0.0603 e. The second-order valence-electron chi connectivity index (χ2n) is 2.21. The van der Waals surface area contributed by atoms with E-state index in [4.69, 9.17) is 0 Å². The third-order valence-corrected chi connectivity index (χ3v) is 1.50. The summed E-state index contributed by atoms with van der Waals surface area (Å²) in [6.45, 7) is 1.83. The Balaban J connectivity index is 1.93. The van der Waals surface area contributed by atoms with Crippen LogP contribution >= 0.6 is 0 Å². The summed E-state index contributed by atoms with van der Waals surface area (Å²) in [6, 6.07) is 0. The van der Waals surface area contributed by atoms with Crippen LogP contribution in [-0.2, 0) is 0 Å². The molecule has 0 amide bonds. The van der Waals surface area contributed by atoms with Gasteiger partial charge < -0.3 is 5.43 Å². The van der Waals surface area contributed by atoms with Gasteiger partial charge in [0.25, 0.3) is 0 Å². The average molecular weight is 138 g/mol. The Bertz CT molecular complexity index is 167. The van der Waals surface area contributed by atoms with E-state index in [1.54, 1.807) is 0 Å². The van der Waals surface area contributed by atoms with Crippen LogP contribution in [-0.4, -0.2) is 23.3 Å². The zero-order valence-corrected chi connectivity index (χ0v) is 5.62. The molecular formula is C6H10N4. The van der Waals surface area contributed by atoms with Crippen LogP contribution < -0.4 is 10.9 Å². The van der Waals surface area contributed by atoms with Crippen LogP contribution in [0.4, 0.5) is 0 Å². The summed E-state index contributed by atoms with van der Waals surface area (Å²) in [5, 5.41) is 3.91. The van der Waals surface area contributed by atoms with Crippen molar-refractivity contribution in [3.63, 3.8) is 0 Å². The highest BCUT2D eigenvalue weighted by atomic mass is 15.9. The van der Waals surface area contributed by atoms with E-state index >= 15 is 0 Å². The fraction of sp³-hybridized carbons (Fsp3) is 0.333. The zero-order chi connectivity index (χ0) is 6.81. The van der Waals surface area contributed by atoms with Crippen molar-refractivity contribution in [2.24, 2.45) is 0 Å². The second kappa shape index (κ2) is 2.32. The Morgan fingerprint density at radius 2 is 2.30 bits per heavy atom. The van der Waals surface area contributed by atoms with Crippen LogP contribution in [0.2, 0.25) is 0 Å². The van der Waals surface area contributed by atoms with Crippen LogP contribution in [0.15, 0.2) is 24.6 Å². The van der Waals surface area contributed by atoms with Gasteiger partial charge in [-0.3, -0.25) is 0 Å². The van der Waals surface area contributed by atoms with Gasteiger partial charge in [-0.1, -0.05) is 0 Å². The normalized spacial score (nSPS) is 24.2. The van der Waals surface area contributed by atoms with E-state index in [2.05, 4.69) is 23.0 Å². The summed E-state index contributed by atoms with van der Waals surface area (Å²) in [7, 11) is 0. The van der Waals surface area contributed by atoms with Gasteiger partial charge in [-0.2, -0.15) is 0 Å². The molecule has 0 saturated heterocycles. The quantitative estimate of drug-likeness (QED) is 0.514. The fourth-order valence-corrected chi connectivity index (χ4v) is 1.01. The summed E-state index contributed by atoms with van der Waals surface area (Å²) in [6.07, 6.45) is 8.06. The van der Waals surface area contributed by atoms with Gasteiger partial charge in [0, 0.05) is 18.9 Å². The molecule has 0 saturated carbocycles. The topological polar surface area (TPSA) is 30.5 Å². The fourth-order valence-electron chi connectivity index (χ4n) is 1.01. The van der Waals surface area contributed by atoms with Gasteiger partial charge >= 0.3 is 0 Å². The van der Waals surface area contributed by atoms with Gasteiger partial charge in [-0.15, -0.1) is 5.12 Å². The Kier molecular flexibility index (Phi) is 1.34. The third-order valence-electron chi connectivity index (χ3n) is 1.50. The standard InChI is InChI=1S/C6H10N4/c1-3-7-9(5-1)10-6-2-4-8-10/h1-3,6-8H,4-5H2. The van der Waals surface area contributed by atoms with E-state index in [1.807, 2.05) is 22.6 Å². The molecule has 54 valence electrons. The predicted octanol–water partition coefficient (Wildman–Crippen LogP) is -0.431. The zero-order valence-electron chi connectivity index (χ0n) is 5.62. The Hall–Kier alpha value is -1.00. The lowest BCUT2D eigenvalue weighted by Crippen LogP contribution is -2.48. The second-order valence-corrected chi connectivity index (χ2v) is 2.21. The molecule has 0 unspecified atom stereocenters. The largest absolute Gasteiger partial charge is 0.307 e. The molecule has 2 N–H and O–H groups in total. The van der Waals surface area contributed by atoms with Crippen LogP contribution in [0.1, 0.15) is 0 Å². The molecule has 4 heteroatoms. The Morgan fingerprint density at radius 3 is 2.90 bits per heavy atom. The number of hydrazine groups is 3. The summed E-state index contributed by atoms with van der Waals surface area (Å²) in [5.41, 5.74) is 6.21. The van der Waals surface area contributed by atoms with Crippen molar-refractivity contribution in [3.05, 3.63) is 24.6 Å². The molecule has 10 heavy (non-hydrogen) atoms. The number of hydrogen-bond donors (Lipinski definition) is 2. The molecule has 0 aromatic heterocycles. The maximum absolute atomic E-state index is 3.14. The Labute approximate surface area is 59.7 Å². The highest BCUT2D eigenvalue weighted by Crippen LogP contribution is 2.00. The summed E-state index contributed by atoms with van der Waals surface area (Å²) < 4.78 is 0. The van der Waals surface area contributed by atoms with Crippen molar-refractivity contribution in [3.8, 4) is 0 Å². The van der Waals surface area contributed by atoms with Crippen LogP contribution in [0, 0.1) is 0 Å². The van der Waals surface area contributed by atoms with E-state index in [0.717, 1.165) is 13.1 Å². The molecule has 2 aliphatic heterocycles. The van der Waals surface area contributed by atoms with Gasteiger partial charge in [-0.25, -0.2) is 10.5 Å². The van der Waals surface area contributed by atoms with Crippen molar-refractivity contribution in [2.45, 2.75) is 0 Å². The molecular weight excluding hydrogens is 128 g/mol. The highest BCUT2D eigenvalue weighted by Gasteiger charge is 2.13. The van der Waals surface area contributed by atoms with Gasteiger partial charge in [-0.05, 0) is 12.2 Å². The molecule has 0 radical (unpaired) electrons. The Morgan fingerprint density at radius 1 is 1.30 bits per heavy atom. The predicted molar refractivity (Wildman–Crippen MR) is 38.0 cm³/mol. The monoisotopic (exact) mass is 138 g/mol. The van der Waals surface area contributed by atoms with Crippen molar-refractivity contribution in [1.82, 2.24) is 21.1 Å². The van der Waals surface area contributed by atoms with Crippen molar-refractivity contribution < 1.29 is 0 Å². The molecule has 2 rings (SSSR count). The maximum Gasteiger partial charge on any atom is 0.0603 e. The van der Waals surface area contributed by atoms with E-state index < -0.39 is 0 Å². The molecule has 4 nitrogen and oxygen atoms in total. The molecule has 2 heterocycles. The van der Waals surface area contributed by atoms with Crippen molar-refractivity contribution in [1.29, 1.82) is 0 Å². The molecule has 0 bridgehead atoms. The minimum atomic E-state index is 0.914. The highest BCUT2D eigenvalue weighted by molar-refractivity contribution is 4.93. The lowest BCUT2D eigenvalue weighted by molar-refractivity contribution is -0.0253. The first-order valence-corrected chi connectivity index (χ1v) is 3.35. The van der Waals surface area contributed by atoms with E-state index in [9.17, 15) is 0 Å². The van der Waals surface area contributed by atoms with Gasteiger partial charge in [0.1, 0.15) is 0 Å².